The van der Waals surface area contributed by atoms with E-state index in [4.69, 9.17) is 4.74 Å². The van der Waals surface area contributed by atoms with Crippen LogP contribution in [0.1, 0.15) is 29.8 Å². The van der Waals surface area contributed by atoms with Crippen molar-refractivity contribution < 1.29 is 24.2 Å². The first-order chi connectivity index (χ1) is 13.8. The summed E-state index contributed by atoms with van der Waals surface area (Å²) in [6, 6.07) is 14.1. The van der Waals surface area contributed by atoms with Crippen molar-refractivity contribution in [1.29, 1.82) is 0 Å². The lowest BCUT2D eigenvalue weighted by Crippen LogP contribution is -2.52. The lowest BCUT2D eigenvalue weighted by Gasteiger charge is -2.24. The molecule has 0 aliphatic heterocycles. The summed E-state index contributed by atoms with van der Waals surface area (Å²) >= 11 is 0. The number of ether oxygens (including phenoxy) is 1. The van der Waals surface area contributed by atoms with Gasteiger partial charge in [0, 0.05) is 5.56 Å². The molecule has 0 aliphatic carbocycles. The number of hydrogen-bond donors (Lipinski definition) is 2. The fourth-order valence-electron chi connectivity index (χ4n) is 2.53. The van der Waals surface area contributed by atoms with Crippen LogP contribution in [-0.2, 0) is 9.59 Å². The molecule has 2 rings (SSSR count). The van der Waals surface area contributed by atoms with Gasteiger partial charge in [-0.2, -0.15) is 0 Å². The molecule has 1 atom stereocenters. The molecule has 0 heterocycles. The summed E-state index contributed by atoms with van der Waals surface area (Å²) in [4.78, 5) is 36.6. The van der Waals surface area contributed by atoms with Crippen molar-refractivity contribution in [2.45, 2.75) is 19.9 Å². The maximum Gasteiger partial charge on any atom is 0.268 e. The molecule has 0 radical (unpaired) electrons. The summed E-state index contributed by atoms with van der Waals surface area (Å²) < 4.78 is 5.07. The normalized spacial score (nSPS) is 12.2. The molecular formula is C22H23N2O5-. The maximum atomic E-state index is 12.7. The third-order valence-electron chi connectivity index (χ3n) is 4.16. The van der Waals surface area contributed by atoms with Crippen molar-refractivity contribution in [1.82, 2.24) is 10.6 Å². The highest BCUT2D eigenvalue weighted by Crippen LogP contribution is 2.13. The van der Waals surface area contributed by atoms with E-state index < -0.39 is 23.8 Å². The molecule has 0 unspecified atom stereocenters. The Balaban J connectivity index is 2.29. The van der Waals surface area contributed by atoms with Crippen LogP contribution in [-0.4, -0.2) is 30.9 Å². The zero-order valence-electron chi connectivity index (χ0n) is 16.5. The Morgan fingerprint density at radius 3 is 2.14 bits per heavy atom. The van der Waals surface area contributed by atoms with E-state index in [0.29, 0.717) is 16.9 Å². The number of carbonyl (C=O) groups is 3. The van der Waals surface area contributed by atoms with Crippen molar-refractivity contribution in [3.8, 4) is 5.75 Å². The van der Waals surface area contributed by atoms with Gasteiger partial charge in [0.25, 0.3) is 11.8 Å². The second-order valence-corrected chi connectivity index (χ2v) is 6.67. The van der Waals surface area contributed by atoms with Gasteiger partial charge in [0.1, 0.15) is 11.4 Å². The van der Waals surface area contributed by atoms with E-state index in [2.05, 4.69) is 10.6 Å². The van der Waals surface area contributed by atoms with Crippen molar-refractivity contribution in [2.75, 3.05) is 7.11 Å². The summed E-state index contributed by atoms with van der Waals surface area (Å²) in [5, 5.41) is 16.3. The number of carboxylic acid groups (broad SMARTS) is 1. The molecule has 7 nitrogen and oxygen atoms in total. The van der Waals surface area contributed by atoms with Gasteiger partial charge in [0.2, 0.25) is 0 Å². The van der Waals surface area contributed by atoms with Crippen molar-refractivity contribution in [2.24, 2.45) is 5.92 Å². The van der Waals surface area contributed by atoms with Gasteiger partial charge in [-0.15, -0.1) is 0 Å². The predicted octanol–water partition coefficient (Wildman–Crippen LogP) is 1.36. The molecule has 0 fully saturated rings. The van der Waals surface area contributed by atoms with Gasteiger partial charge in [-0.05, 0) is 41.8 Å². The van der Waals surface area contributed by atoms with E-state index in [0.717, 1.165) is 0 Å². The Bertz CT molecular complexity index is 889. The minimum atomic E-state index is -1.39. The zero-order valence-corrected chi connectivity index (χ0v) is 16.5. The van der Waals surface area contributed by atoms with Gasteiger partial charge < -0.3 is 25.3 Å². The van der Waals surface area contributed by atoms with E-state index in [1.807, 2.05) is 6.07 Å². The highest BCUT2D eigenvalue weighted by molar-refractivity contribution is 6.06. The third kappa shape index (κ3) is 6.21. The van der Waals surface area contributed by atoms with E-state index in [9.17, 15) is 19.5 Å². The number of nitrogens with one attached hydrogen (secondary N) is 2. The van der Waals surface area contributed by atoms with Crippen LogP contribution in [0.4, 0.5) is 0 Å². The number of hydrogen-bond acceptors (Lipinski definition) is 5. The first-order valence-electron chi connectivity index (χ1n) is 9.05. The number of aliphatic carboxylic acids is 1. The molecule has 0 saturated carbocycles. The highest BCUT2D eigenvalue weighted by atomic mass is 16.5. The van der Waals surface area contributed by atoms with Crippen LogP contribution < -0.4 is 20.5 Å². The van der Waals surface area contributed by atoms with E-state index in [1.54, 1.807) is 62.4 Å². The lowest BCUT2D eigenvalue weighted by molar-refractivity contribution is -0.309. The SMILES string of the molecule is COc1ccc(C(=O)N/C(=C\c2ccccc2)C(=O)N[C@H](C(=O)[O-])C(C)C)cc1. The Morgan fingerprint density at radius 2 is 1.62 bits per heavy atom. The van der Waals surface area contributed by atoms with E-state index in [1.165, 1.54) is 13.2 Å². The number of rotatable bonds is 8. The molecule has 0 aromatic heterocycles. The number of methoxy groups -OCH3 is 1. The molecular weight excluding hydrogens is 372 g/mol. The van der Waals surface area contributed by atoms with Gasteiger partial charge in [-0.25, -0.2) is 0 Å². The van der Waals surface area contributed by atoms with Crippen LogP contribution in [0.15, 0.2) is 60.3 Å². The standard InChI is InChI=1S/C22H24N2O5/c1-14(2)19(22(27)28)24-21(26)18(13-15-7-5-4-6-8-15)23-20(25)16-9-11-17(29-3)12-10-16/h4-14,19H,1-3H3,(H,23,25)(H,24,26)(H,27,28)/p-1/b18-13-/t19-/m0/s1. The maximum absolute atomic E-state index is 12.7. The largest absolute Gasteiger partial charge is 0.548 e. The molecule has 0 saturated heterocycles. The minimum absolute atomic E-state index is 0.0797. The molecule has 0 aliphatic rings. The summed E-state index contributed by atoms with van der Waals surface area (Å²) in [6.45, 7) is 3.30. The predicted molar refractivity (Wildman–Crippen MR) is 107 cm³/mol. The highest BCUT2D eigenvalue weighted by Gasteiger charge is 2.21. The Hall–Kier alpha value is -3.61. The van der Waals surface area contributed by atoms with Crippen LogP contribution in [0.5, 0.6) is 5.75 Å². The molecule has 2 aromatic rings. The molecule has 2 N–H and O–H groups in total. The van der Waals surface area contributed by atoms with Crippen LogP contribution in [0.25, 0.3) is 6.08 Å². The summed E-state index contributed by atoms with van der Waals surface area (Å²) in [5.41, 5.74) is 0.906. The fourth-order valence-corrected chi connectivity index (χ4v) is 2.53. The van der Waals surface area contributed by atoms with Crippen molar-refractivity contribution >= 4 is 23.9 Å². The molecule has 0 bridgehead atoms. The number of benzene rings is 2. The van der Waals surface area contributed by atoms with Crippen LogP contribution >= 0.6 is 0 Å². The van der Waals surface area contributed by atoms with E-state index in [-0.39, 0.29) is 11.6 Å². The van der Waals surface area contributed by atoms with Gasteiger partial charge in [-0.1, -0.05) is 44.2 Å². The van der Waals surface area contributed by atoms with Crippen LogP contribution in [0, 0.1) is 5.92 Å². The summed E-state index contributed by atoms with van der Waals surface area (Å²) in [5.74, 6) is -2.43. The van der Waals surface area contributed by atoms with Gasteiger partial charge in [-0.3, -0.25) is 9.59 Å². The Morgan fingerprint density at radius 1 is 1.00 bits per heavy atom. The second-order valence-electron chi connectivity index (χ2n) is 6.67. The number of carboxylic acids is 1. The summed E-state index contributed by atoms with van der Waals surface area (Å²) in [6.07, 6.45) is 1.48. The summed E-state index contributed by atoms with van der Waals surface area (Å²) in [7, 11) is 1.52. The second kappa shape index (κ2) is 10.1. The van der Waals surface area contributed by atoms with Gasteiger partial charge in [0.15, 0.2) is 0 Å². The first-order valence-corrected chi connectivity index (χ1v) is 9.05. The van der Waals surface area contributed by atoms with Gasteiger partial charge >= 0.3 is 0 Å². The van der Waals surface area contributed by atoms with Crippen LogP contribution in [0.2, 0.25) is 0 Å². The molecule has 29 heavy (non-hydrogen) atoms. The van der Waals surface area contributed by atoms with Crippen molar-refractivity contribution in [3.63, 3.8) is 0 Å². The molecule has 152 valence electrons. The van der Waals surface area contributed by atoms with Crippen molar-refractivity contribution in [3.05, 3.63) is 71.4 Å². The lowest BCUT2D eigenvalue weighted by atomic mass is 10.0. The topological polar surface area (TPSA) is 108 Å². The molecule has 2 aromatic carbocycles. The fraction of sp³-hybridized carbons (Fsp3) is 0.227. The molecule has 7 heteroatoms. The third-order valence-corrected chi connectivity index (χ3v) is 4.16. The van der Waals surface area contributed by atoms with Gasteiger partial charge in [0.05, 0.1) is 19.1 Å². The minimum Gasteiger partial charge on any atom is -0.548 e. The zero-order chi connectivity index (χ0) is 21.4. The Kier molecular flexibility index (Phi) is 7.54. The Labute approximate surface area is 169 Å². The number of amides is 2. The monoisotopic (exact) mass is 395 g/mol. The average molecular weight is 395 g/mol. The smallest absolute Gasteiger partial charge is 0.268 e. The number of carbonyl (C=O) groups excluding carboxylic acids is 3. The average Bonchev–Trinajstić information content (AvgIpc) is 2.71. The first kappa shape index (κ1) is 21.7. The molecule has 2 amide bonds. The molecule has 0 spiro atoms. The van der Waals surface area contributed by atoms with Crippen LogP contribution in [0.3, 0.4) is 0 Å². The quantitative estimate of drug-likeness (QED) is 0.656. The van der Waals surface area contributed by atoms with E-state index >= 15 is 0 Å².